The number of para-hydroxylation sites is 1. The van der Waals surface area contributed by atoms with Crippen molar-refractivity contribution in [2.45, 2.75) is 30.6 Å². The zero-order valence-corrected chi connectivity index (χ0v) is 16.7. The molecule has 3 aromatic rings. The summed E-state index contributed by atoms with van der Waals surface area (Å²) in [5.41, 5.74) is 4.51. The molecule has 1 heterocycles. The lowest BCUT2D eigenvalue weighted by molar-refractivity contribution is 0.0948. The highest BCUT2D eigenvalue weighted by atomic mass is 32.2. The number of nitrogens with zero attached hydrogens (tertiary/aromatic N) is 2. The summed E-state index contributed by atoms with van der Waals surface area (Å²) in [6, 6.07) is 16.2. The number of nitrogens with two attached hydrogens (primary N) is 1. The quantitative estimate of drug-likeness (QED) is 0.648. The van der Waals surface area contributed by atoms with E-state index in [0.29, 0.717) is 18.7 Å². The fraction of sp³-hybridized carbons (Fsp3) is 0.238. The maximum Gasteiger partial charge on any atom is 0.272 e. The first-order chi connectivity index (χ1) is 13.9. The number of carbonyl (C=O) groups excluding carboxylic acids is 1. The summed E-state index contributed by atoms with van der Waals surface area (Å²) in [5, 5.41) is 12.6. The van der Waals surface area contributed by atoms with Crippen molar-refractivity contribution in [3.63, 3.8) is 0 Å². The largest absolute Gasteiger partial charge is 0.350 e. The van der Waals surface area contributed by atoms with Crippen molar-refractivity contribution in [1.29, 1.82) is 0 Å². The van der Waals surface area contributed by atoms with Crippen LogP contribution in [-0.2, 0) is 29.3 Å². The lowest BCUT2D eigenvalue weighted by atomic mass is 10.1. The first-order valence-electron chi connectivity index (χ1n) is 9.49. The smallest absolute Gasteiger partial charge is 0.272 e. The van der Waals surface area contributed by atoms with Gasteiger partial charge >= 0.3 is 0 Å². The Hall–Kier alpha value is -2.97. The Balaban J connectivity index is 1.44. The zero-order chi connectivity index (χ0) is 20.4. The Morgan fingerprint density at radius 3 is 2.48 bits per heavy atom. The second-order valence-corrected chi connectivity index (χ2v) is 8.63. The van der Waals surface area contributed by atoms with Gasteiger partial charge in [0.1, 0.15) is 0 Å². The van der Waals surface area contributed by atoms with Crippen molar-refractivity contribution in [3.8, 4) is 5.69 Å². The van der Waals surface area contributed by atoms with Crippen molar-refractivity contribution < 1.29 is 13.2 Å². The summed E-state index contributed by atoms with van der Waals surface area (Å²) in [6.45, 7) is 0.431. The summed E-state index contributed by atoms with van der Waals surface area (Å²) in [5.74, 6) is -0.181. The lowest BCUT2D eigenvalue weighted by Gasteiger charge is -2.06. The van der Waals surface area contributed by atoms with Crippen molar-refractivity contribution in [1.82, 2.24) is 15.1 Å². The van der Waals surface area contributed by atoms with E-state index in [-0.39, 0.29) is 10.8 Å². The van der Waals surface area contributed by atoms with Crippen molar-refractivity contribution >= 4 is 15.9 Å². The molecular formula is C21H22N4O3S. The summed E-state index contributed by atoms with van der Waals surface area (Å²) in [6.07, 6.45) is 3.38. The number of benzene rings is 2. The molecule has 0 aliphatic heterocycles. The van der Waals surface area contributed by atoms with Crippen LogP contribution in [0.2, 0.25) is 0 Å². The molecule has 0 unspecified atom stereocenters. The van der Waals surface area contributed by atoms with Gasteiger partial charge in [0.15, 0.2) is 5.69 Å². The van der Waals surface area contributed by atoms with Crippen LogP contribution in [0.3, 0.4) is 0 Å². The molecule has 150 valence electrons. The predicted molar refractivity (Wildman–Crippen MR) is 109 cm³/mol. The third kappa shape index (κ3) is 4.08. The standard InChI is InChI=1S/C21H22N4O3S/c22-29(27,28)17-11-9-15(10-12-17)13-14-23-21(26)20-18-7-4-8-19(18)25(24-20)16-5-2-1-3-6-16/h1-3,5-6,9-12H,4,7-8,13-14H2,(H,23,26)(H2,22,27,28). The Morgan fingerprint density at radius 1 is 1.07 bits per heavy atom. The minimum absolute atomic E-state index is 0.0762. The van der Waals surface area contributed by atoms with Crippen LogP contribution < -0.4 is 10.5 Å². The maximum absolute atomic E-state index is 12.7. The molecule has 2 aromatic carbocycles. The van der Waals surface area contributed by atoms with Crippen LogP contribution in [-0.4, -0.2) is 30.7 Å². The van der Waals surface area contributed by atoms with Gasteiger partial charge < -0.3 is 5.32 Å². The Labute approximate surface area is 169 Å². The van der Waals surface area contributed by atoms with Crippen molar-refractivity contribution in [2.24, 2.45) is 5.14 Å². The molecule has 1 aliphatic rings. The van der Waals surface area contributed by atoms with E-state index in [4.69, 9.17) is 5.14 Å². The van der Waals surface area contributed by atoms with Gasteiger partial charge in [-0.2, -0.15) is 5.10 Å². The highest BCUT2D eigenvalue weighted by molar-refractivity contribution is 7.89. The zero-order valence-electron chi connectivity index (χ0n) is 15.8. The molecule has 3 N–H and O–H groups in total. The monoisotopic (exact) mass is 410 g/mol. The van der Waals surface area contributed by atoms with Gasteiger partial charge in [0.05, 0.1) is 10.6 Å². The summed E-state index contributed by atoms with van der Waals surface area (Å²) < 4.78 is 24.5. The Morgan fingerprint density at radius 2 is 1.79 bits per heavy atom. The third-order valence-corrected chi connectivity index (χ3v) is 6.03. The highest BCUT2D eigenvalue weighted by Crippen LogP contribution is 2.27. The van der Waals surface area contributed by atoms with Gasteiger partial charge in [-0.05, 0) is 55.5 Å². The lowest BCUT2D eigenvalue weighted by Crippen LogP contribution is -2.27. The molecular weight excluding hydrogens is 388 g/mol. The molecule has 29 heavy (non-hydrogen) atoms. The highest BCUT2D eigenvalue weighted by Gasteiger charge is 2.26. The number of rotatable bonds is 6. The molecule has 0 fully saturated rings. The minimum Gasteiger partial charge on any atom is -0.350 e. The molecule has 0 bridgehead atoms. The van der Waals surface area contributed by atoms with Gasteiger partial charge in [-0.15, -0.1) is 0 Å². The van der Waals surface area contributed by atoms with Gasteiger partial charge in [-0.3, -0.25) is 4.79 Å². The molecule has 0 atom stereocenters. The molecule has 7 nitrogen and oxygen atoms in total. The van der Waals surface area contributed by atoms with Crippen LogP contribution in [0.4, 0.5) is 0 Å². The third-order valence-electron chi connectivity index (χ3n) is 5.10. The Bertz CT molecular complexity index is 1140. The van der Waals surface area contributed by atoms with Gasteiger partial charge in [-0.1, -0.05) is 30.3 Å². The van der Waals surface area contributed by atoms with Crippen LogP contribution in [0, 0.1) is 0 Å². The summed E-state index contributed by atoms with van der Waals surface area (Å²) >= 11 is 0. The van der Waals surface area contributed by atoms with Crippen molar-refractivity contribution in [3.05, 3.63) is 77.1 Å². The summed E-state index contributed by atoms with van der Waals surface area (Å²) in [4.78, 5) is 12.8. The minimum atomic E-state index is -3.70. The molecule has 0 spiro atoms. The van der Waals surface area contributed by atoms with E-state index in [1.807, 2.05) is 35.0 Å². The van der Waals surface area contributed by atoms with E-state index in [0.717, 1.165) is 41.8 Å². The SMILES string of the molecule is NS(=O)(=O)c1ccc(CCNC(=O)c2nn(-c3ccccc3)c3c2CCC3)cc1. The number of hydrogen-bond acceptors (Lipinski definition) is 4. The molecule has 1 aliphatic carbocycles. The fourth-order valence-electron chi connectivity index (χ4n) is 3.65. The van der Waals surface area contributed by atoms with Crippen LogP contribution in [0.5, 0.6) is 0 Å². The molecule has 4 rings (SSSR count). The molecule has 0 saturated heterocycles. The number of fused-ring (bicyclic) bond motifs is 1. The molecule has 8 heteroatoms. The molecule has 0 saturated carbocycles. The average molecular weight is 410 g/mol. The van der Waals surface area contributed by atoms with Gasteiger partial charge in [0, 0.05) is 17.8 Å². The van der Waals surface area contributed by atoms with Crippen LogP contribution >= 0.6 is 0 Å². The number of aromatic nitrogens is 2. The molecule has 1 amide bonds. The van der Waals surface area contributed by atoms with Crippen molar-refractivity contribution in [2.75, 3.05) is 6.54 Å². The summed E-state index contributed by atoms with van der Waals surface area (Å²) in [7, 11) is -3.70. The van der Waals surface area contributed by atoms with Crippen LogP contribution in [0.15, 0.2) is 59.5 Å². The van der Waals surface area contributed by atoms with E-state index in [9.17, 15) is 13.2 Å². The number of carbonyl (C=O) groups is 1. The number of hydrogen-bond donors (Lipinski definition) is 2. The first kappa shape index (κ1) is 19.4. The van der Waals surface area contributed by atoms with E-state index in [2.05, 4.69) is 10.4 Å². The van der Waals surface area contributed by atoms with E-state index >= 15 is 0 Å². The van der Waals surface area contributed by atoms with E-state index in [1.54, 1.807) is 12.1 Å². The average Bonchev–Trinajstić information content (AvgIpc) is 3.31. The van der Waals surface area contributed by atoms with Crippen LogP contribution in [0.25, 0.3) is 5.69 Å². The fourth-order valence-corrected chi connectivity index (χ4v) is 4.17. The number of primary sulfonamides is 1. The maximum atomic E-state index is 12.7. The number of amides is 1. The first-order valence-corrected chi connectivity index (χ1v) is 11.0. The second kappa shape index (κ2) is 7.81. The predicted octanol–water partition coefficient (Wildman–Crippen LogP) is 1.98. The topological polar surface area (TPSA) is 107 Å². The normalized spacial score (nSPS) is 13.3. The van der Waals surface area contributed by atoms with Gasteiger partial charge in [-0.25, -0.2) is 18.2 Å². The van der Waals surface area contributed by atoms with Gasteiger partial charge in [0.25, 0.3) is 5.91 Å². The van der Waals surface area contributed by atoms with Gasteiger partial charge in [0.2, 0.25) is 10.0 Å². The number of nitrogens with one attached hydrogen (secondary N) is 1. The van der Waals surface area contributed by atoms with E-state index < -0.39 is 10.0 Å². The van der Waals surface area contributed by atoms with Crippen LogP contribution in [0.1, 0.15) is 33.7 Å². The molecule has 1 aromatic heterocycles. The molecule has 0 radical (unpaired) electrons. The number of sulfonamides is 1. The van der Waals surface area contributed by atoms with E-state index in [1.165, 1.54) is 12.1 Å². The Kier molecular flexibility index (Phi) is 5.21. The second-order valence-electron chi connectivity index (χ2n) is 7.07.